The highest BCUT2D eigenvalue weighted by Gasteiger charge is 2.46. The highest BCUT2D eigenvalue weighted by molar-refractivity contribution is 6.14. The Labute approximate surface area is 363 Å². The van der Waals surface area contributed by atoms with Gasteiger partial charge in [-0.25, -0.2) is 4.98 Å². The largest absolute Gasteiger partial charge is 0.456 e. The van der Waals surface area contributed by atoms with Crippen LogP contribution in [0.2, 0.25) is 0 Å². The van der Waals surface area contributed by atoms with Gasteiger partial charge in [0.25, 0.3) is 0 Å². The van der Waals surface area contributed by atoms with E-state index in [1.165, 1.54) is 33.4 Å². The van der Waals surface area contributed by atoms with E-state index in [1.807, 2.05) is 30.3 Å². The van der Waals surface area contributed by atoms with Gasteiger partial charge in [-0.3, -0.25) is 4.57 Å². The van der Waals surface area contributed by atoms with E-state index in [1.54, 1.807) is 0 Å². The number of benzene rings is 9. The Hall–Kier alpha value is -8.41. The van der Waals surface area contributed by atoms with E-state index in [4.69, 9.17) is 19.4 Å². The summed E-state index contributed by atoms with van der Waals surface area (Å²) in [5.41, 5.74) is 14.5. The summed E-state index contributed by atoms with van der Waals surface area (Å²) in [5, 5.41) is 4.40. The van der Waals surface area contributed by atoms with Crippen LogP contribution < -0.4 is 0 Å². The SMILES string of the molecule is c1ccc(-c2nc(-c3ccc4c(c3)oc3cccc(-c5ccccc5)c34)nc(-n3c4ccccc4c4cc5c(cc43)C(c3ccccc3)(c3ccccc3)c3ccccc3-5)n2)cc1. The summed E-state index contributed by atoms with van der Waals surface area (Å²) < 4.78 is 8.83. The van der Waals surface area contributed by atoms with Gasteiger partial charge in [-0.1, -0.05) is 182 Å². The average Bonchev–Trinajstić information content (AvgIpc) is 4.00. The number of nitrogens with zero attached hydrogens (tertiary/aromatic N) is 4. The molecule has 1 aliphatic carbocycles. The first-order chi connectivity index (χ1) is 31.2. The molecule has 0 radical (unpaired) electrons. The third-order valence-electron chi connectivity index (χ3n) is 12.9. The number of hydrogen-bond acceptors (Lipinski definition) is 4. The Bertz CT molecular complexity index is 3690. The molecule has 0 atom stereocenters. The van der Waals surface area contributed by atoms with Gasteiger partial charge >= 0.3 is 0 Å². The Morgan fingerprint density at radius 3 is 1.73 bits per heavy atom. The van der Waals surface area contributed by atoms with Crippen LogP contribution in [0.4, 0.5) is 0 Å². The molecule has 0 N–H and O–H groups in total. The van der Waals surface area contributed by atoms with Gasteiger partial charge in [0.05, 0.1) is 16.4 Å². The zero-order valence-corrected chi connectivity index (χ0v) is 34.0. The Kier molecular flexibility index (Phi) is 7.75. The third kappa shape index (κ3) is 5.27. The van der Waals surface area contributed by atoms with Crippen LogP contribution in [0.25, 0.3) is 94.7 Å². The van der Waals surface area contributed by atoms with Gasteiger partial charge in [-0.05, 0) is 80.9 Å². The molecule has 0 saturated carbocycles. The molecule has 63 heavy (non-hydrogen) atoms. The maximum Gasteiger partial charge on any atom is 0.238 e. The zero-order valence-electron chi connectivity index (χ0n) is 34.0. The van der Waals surface area contributed by atoms with Crippen molar-refractivity contribution >= 4 is 43.7 Å². The van der Waals surface area contributed by atoms with E-state index in [-0.39, 0.29) is 0 Å². The van der Waals surface area contributed by atoms with Crippen LogP contribution >= 0.6 is 0 Å². The first-order valence-corrected chi connectivity index (χ1v) is 21.4. The first kappa shape index (κ1) is 35.4. The molecule has 13 rings (SSSR count). The molecule has 0 fully saturated rings. The lowest BCUT2D eigenvalue weighted by Gasteiger charge is -2.34. The molecule has 5 nitrogen and oxygen atoms in total. The number of fused-ring (bicyclic) bond motifs is 9. The van der Waals surface area contributed by atoms with Crippen LogP contribution in [-0.2, 0) is 5.41 Å². The van der Waals surface area contributed by atoms with E-state index in [9.17, 15) is 0 Å². The predicted molar refractivity (Wildman–Crippen MR) is 255 cm³/mol. The summed E-state index contributed by atoms with van der Waals surface area (Å²) in [6, 6.07) is 77.4. The minimum atomic E-state index is -0.564. The average molecular weight is 805 g/mol. The number of aromatic nitrogens is 4. The fraction of sp³-hybridized carbons (Fsp3) is 0.0172. The molecule has 0 bridgehead atoms. The van der Waals surface area contributed by atoms with Crippen molar-refractivity contribution in [3.63, 3.8) is 0 Å². The molecule has 0 saturated heterocycles. The van der Waals surface area contributed by atoms with Gasteiger partial charge in [0, 0.05) is 32.7 Å². The molecule has 0 amide bonds. The summed E-state index contributed by atoms with van der Waals surface area (Å²) in [6.45, 7) is 0. The summed E-state index contributed by atoms with van der Waals surface area (Å²) in [6.07, 6.45) is 0. The quantitative estimate of drug-likeness (QED) is 0.168. The first-order valence-electron chi connectivity index (χ1n) is 21.4. The molecule has 9 aromatic carbocycles. The lowest BCUT2D eigenvalue weighted by atomic mass is 9.67. The second-order valence-corrected chi connectivity index (χ2v) is 16.3. The van der Waals surface area contributed by atoms with Crippen LogP contribution in [-0.4, -0.2) is 19.5 Å². The molecule has 294 valence electrons. The highest BCUT2D eigenvalue weighted by atomic mass is 16.3. The second kappa shape index (κ2) is 13.8. The fourth-order valence-corrected chi connectivity index (χ4v) is 10.3. The van der Waals surface area contributed by atoms with Crippen molar-refractivity contribution in [2.75, 3.05) is 0 Å². The van der Waals surface area contributed by atoms with Crippen LogP contribution in [0.3, 0.4) is 0 Å². The van der Waals surface area contributed by atoms with Gasteiger partial charge in [-0.2, -0.15) is 9.97 Å². The smallest absolute Gasteiger partial charge is 0.238 e. The van der Waals surface area contributed by atoms with Crippen molar-refractivity contribution in [3.8, 4) is 51.0 Å². The summed E-state index contributed by atoms with van der Waals surface area (Å²) in [4.78, 5) is 15.9. The molecular formula is C58H36N4O. The van der Waals surface area contributed by atoms with Crippen LogP contribution in [0.15, 0.2) is 223 Å². The van der Waals surface area contributed by atoms with Gasteiger partial charge in [0.15, 0.2) is 11.6 Å². The van der Waals surface area contributed by atoms with Crippen molar-refractivity contribution in [2.24, 2.45) is 0 Å². The van der Waals surface area contributed by atoms with Gasteiger partial charge < -0.3 is 4.42 Å². The van der Waals surface area contributed by atoms with Crippen molar-refractivity contribution in [1.29, 1.82) is 0 Å². The molecular weight excluding hydrogens is 769 g/mol. The Morgan fingerprint density at radius 1 is 0.365 bits per heavy atom. The number of rotatable bonds is 6. The maximum absolute atomic E-state index is 6.59. The van der Waals surface area contributed by atoms with Crippen LogP contribution in [0.5, 0.6) is 0 Å². The molecule has 0 unspecified atom stereocenters. The van der Waals surface area contributed by atoms with E-state index in [0.717, 1.165) is 66.0 Å². The van der Waals surface area contributed by atoms with Gasteiger partial charge in [0.1, 0.15) is 11.2 Å². The Morgan fingerprint density at radius 2 is 0.984 bits per heavy atom. The molecule has 3 aromatic heterocycles. The van der Waals surface area contributed by atoms with E-state index in [0.29, 0.717) is 17.6 Å². The predicted octanol–water partition coefficient (Wildman–Crippen LogP) is 14.2. The van der Waals surface area contributed by atoms with E-state index >= 15 is 0 Å². The molecule has 3 heterocycles. The fourth-order valence-electron chi connectivity index (χ4n) is 10.3. The monoisotopic (exact) mass is 804 g/mol. The normalized spacial score (nSPS) is 12.9. The maximum atomic E-state index is 6.59. The van der Waals surface area contributed by atoms with Crippen molar-refractivity contribution in [2.45, 2.75) is 5.41 Å². The van der Waals surface area contributed by atoms with Crippen molar-refractivity contribution in [3.05, 3.63) is 241 Å². The summed E-state index contributed by atoms with van der Waals surface area (Å²) >= 11 is 0. The van der Waals surface area contributed by atoms with Gasteiger partial charge in [-0.15, -0.1) is 0 Å². The molecule has 0 aliphatic heterocycles. The second-order valence-electron chi connectivity index (χ2n) is 16.3. The topological polar surface area (TPSA) is 56.7 Å². The minimum Gasteiger partial charge on any atom is -0.456 e. The van der Waals surface area contributed by atoms with E-state index in [2.05, 4.69) is 193 Å². The summed E-state index contributed by atoms with van der Waals surface area (Å²) in [7, 11) is 0. The van der Waals surface area contributed by atoms with Crippen LogP contribution in [0, 0.1) is 0 Å². The van der Waals surface area contributed by atoms with Gasteiger partial charge in [0.2, 0.25) is 5.95 Å². The van der Waals surface area contributed by atoms with E-state index < -0.39 is 5.41 Å². The number of furan rings is 1. The lowest BCUT2D eigenvalue weighted by molar-refractivity contribution is 0.669. The Balaban J connectivity index is 1.08. The summed E-state index contributed by atoms with van der Waals surface area (Å²) in [5.74, 6) is 1.70. The molecule has 0 spiro atoms. The number of para-hydroxylation sites is 1. The van der Waals surface area contributed by atoms with Crippen molar-refractivity contribution < 1.29 is 4.42 Å². The molecule has 5 heteroatoms. The zero-order chi connectivity index (χ0) is 41.5. The third-order valence-corrected chi connectivity index (χ3v) is 12.9. The highest BCUT2D eigenvalue weighted by Crippen LogP contribution is 2.57. The number of hydrogen-bond donors (Lipinski definition) is 0. The van der Waals surface area contributed by atoms with Crippen LogP contribution in [0.1, 0.15) is 22.3 Å². The lowest BCUT2D eigenvalue weighted by Crippen LogP contribution is -2.28. The standard InChI is InChI=1S/C58H36N4O/c1-5-18-37(19-6-1)42-28-17-31-52-54(42)45-33-32-39(34-53(45)63-52)56-59-55(38-20-7-2-8-21-38)60-57(61-56)62-50-30-16-14-27-44(50)47-35-46-43-26-13-15-29-48(43)58(49(46)36-51(47)62,40-22-9-3-10-23-40)41-24-11-4-12-25-41/h1-36H. The minimum absolute atomic E-state index is 0.543. The van der Waals surface area contributed by atoms with Crippen molar-refractivity contribution in [1.82, 2.24) is 19.5 Å². The molecule has 1 aliphatic rings. The molecule has 12 aromatic rings.